The standard InChI is InChI=1S/C11H17N5OS2/c1-16(2)5-4-8-13-7(6-17-3)9(18-8)10-14-15-11(12)19-10/h4-6H2,1-3H3,(H2,12,15). The molecule has 0 unspecified atom stereocenters. The Morgan fingerprint density at radius 3 is 2.63 bits per heavy atom. The van der Waals surface area contributed by atoms with Gasteiger partial charge < -0.3 is 15.4 Å². The highest BCUT2D eigenvalue weighted by molar-refractivity contribution is 7.23. The highest BCUT2D eigenvalue weighted by Crippen LogP contribution is 2.33. The van der Waals surface area contributed by atoms with Crippen molar-refractivity contribution in [2.75, 3.05) is 33.5 Å². The molecule has 0 fully saturated rings. The van der Waals surface area contributed by atoms with Crippen molar-refractivity contribution in [2.24, 2.45) is 0 Å². The Balaban J connectivity index is 2.25. The van der Waals surface area contributed by atoms with E-state index >= 15 is 0 Å². The third-order valence-corrected chi connectivity index (χ3v) is 4.49. The summed E-state index contributed by atoms with van der Waals surface area (Å²) in [6, 6.07) is 0. The van der Waals surface area contributed by atoms with Crippen LogP contribution in [-0.2, 0) is 17.8 Å². The van der Waals surface area contributed by atoms with Gasteiger partial charge in [-0.3, -0.25) is 0 Å². The predicted octanol–water partition coefficient (Wildman–Crippen LogP) is 1.49. The molecule has 0 bridgehead atoms. The second-order valence-corrected chi connectivity index (χ2v) is 6.41. The first-order valence-electron chi connectivity index (χ1n) is 5.81. The normalized spacial score (nSPS) is 11.4. The fourth-order valence-corrected chi connectivity index (χ4v) is 3.31. The molecule has 0 aliphatic heterocycles. The molecule has 2 N–H and O–H groups in total. The molecule has 0 aliphatic rings. The lowest BCUT2D eigenvalue weighted by Crippen LogP contribution is -2.14. The maximum atomic E-state index is 5.64. The van der Waals surface area contributed by atoms with Crippen molar-refractivity contribution >= 4 is 27.8 Å². The summed E-state index contributed by atoms with van der Waals surface area (Å²) in [7, 11) is 5.77. The highest BCUT2D eigenvalue weighted by atomic mass is 32.1. The van der Waals surface area contributed by atoms with Crippen LogP contribution in [0.4, 0.5) is 5.13 Å². The van der Waals surface area contributed by atoms with Gasteiger partial charge in [-0.1, -0.05) is 11.3 Å². The minimum atomic E-state index is 0.474. The molecule has 0 saturated heterocycles. The lowest BCUT2D eigenvalue weighted by molar-refractivity contribution is 0.182. The average Bonchev–Trinajstić information content (AvgIpc) is 2.93. The number of hydrogen-bond acceptors (Lipinski definition) is 8. The Morgan fingerprint density at radius 1 is 1.26 bits per heavy atom. The van der Waals surface area contributed by atoms with Crippen molar-refractivity contribution in [3.05, 3.63) is 10.7 Å². The van der Waals surface area contributed by atoms with Crippen molar-refractivity contribution < 1.29 is 4.74 Å². The van der Waals surface area contributed by atoms with E-state index in [2.05, 4.69) is 34.2 Å². The van der Waals surface area contributed by atoms with Crippen LogP contribution in [0, 0.1) is 0 Å². The Bertz CT molecular complexity index is 537. The van der Waals surface area contributed by atoms with Gasteiger partial charge in [0.15, 0.2) is 5.01 Å². The maximum absolute atomic E-state index is 5.64. The first kappa shape index (κ1) is 14.3. The molecule has 0 aromatic carbocycles. The van der Waals surface area contributed by atoms with Gasteiger partial charge in [0.1, 0.15) is 0 Å². The second-order valence-electron chi connectivity index (χ2n) is 4.32. The Hall–Kier alpha value is -1.09. The molecule has 104 valence electrons. The molecule has 6 nitrogen and oxygen atoms in total. The van der Waals surface area contributed by atoms with Gasteiger partial charge in [0, 0.05) is 20.1 Å². The van der Waals surface area contributed by atoms with Crippen LogP contribution in [0.2, 0.25) is 0 Å². The smallest absolute Gasteiger partial charge is 0.203 e. The van der Waals surface area contributed by atoms with Crippen molar-refractivity contribution in [3.63, 3.8) is 0 Å². The van der Waals surface area contributed by atoms with Crippen LogP contribution in [0.25, 0.3) is 9.88 Å². The molecule has 0 amide bonds. The fourth-order valence-electron chi connectivity index (χ4n) is 1.55. The number of nitrogens with zero attached hydrogens (tertiary/aromatic N) is 4. The van der Waals surface area contributed by atoms with Gasteiger partial charge in [-0.15, -0.1) is 21.5 Å². The molecular weight excluding hydrogens is 282 g/mol. The van der Waals surface area contributed by atoms with Crippen LogP contribution in [-0.4, -0.2) is 47.8 Å². The molecule has 19 heavy (non-hydrogen) atoms. The summed E-state index contributed by atoms with van der Waals surface area (Å²) >= 11 is 3.02. The summed E-state index contributed by atoms with van der Waals surface area (Å²) in [4.78, 5) is 7.78. The summed E-state index contributed by atoms with van der Waals surface area (Å²) in [5.74, 6) is 0. The summed E-state index contributed by atoms with van der Waals surface area (Å²) < 4.78 is 5.19. The number of hydrogen-bond donors (Lipinski definition) is 1. The van der Waals surface area contributed by atoms with Crippen LogP contribution in [0.5, 0.6) is 0 Å². The predicted molar refractivity (Wildman–Crippen MR) is 78.4 cm³/mol. The van der Waals surface area contributed by atoms with E-state index in [0.717, 1.165) is 33.6 Å². The van der Waals surface area contributed by atoms with Gasteiger partial charge in [0.05, 0.1) is 22.2 Å². The van der Waals surface area contributed by atoms with Crippen molar-refractivity contribution in [1.82, 2.24) is 20.1 Å². The third-order valence-electron chi connectivity index (χ3n) is 2.43. The molecule has 0 aliphatic carbocycles. The quantitative estimate of drug-likeness (QED) is 0.871. The molecule has 0 atom stereocenters. The summed E-state index contributed by atoms with van der Waals surface area (Å²) in [5, 5.41) is 10.3. The summed E-state index contributed by atoms with van der Waals surface area (Å²) in [6.45, 7) is 1.45. The molecule has 2 rings (SSSR count). The third kappa shape index (κ3) is 3.69. The Kier molecular flexibility index (Phi) is 4.81. The molecule has 0 spiro atoms. The molecule has 2 aromatic heterocycles. The number of likely N-dealkylation sites (N-methyl/N-ethyl adjacent to an activating group) is 1. The zero-order valence-corrected chi connectivity index (χ0v) is 12.8. The van der Waals surface area contributed by atoms with Crippen LogP contribution in [0.1, 0.15) is 10.7 Å². The number of aromatic nitrogens is 3. The van der Waals surface area contributed by atoms with Gasteiger partial charge >= 0.3 is 0 Å². The molecule has 0 radical (unpaired) electrons. The van der Waals surface area contributed by atoms with Crippen molar-refractivity contribution in [2.45, 2.75) is 13.0 Å². The van der Waals surface area contributed by atoms with Gasteiger partial charge in [-0.25, -0.2) is 4.98 Å². The first-order valence-corrected chi connectivity index (χ1v) is 7.45. The minimum Gasteiger partial charge on any atom is -0.378 e. The second kappa shape index (κ2) is 6.38. The van der Waals surface area contributed by atoms with E-state index in [1.807, 2.05) is 0 Å². The van der Waals surface area contributed by atoms with E-state index in [0.29, 0.717) is 11.7 Å². The van der Waals surface area contributed by atoms with Gasteiger partial charge in [0.2, 0.25) is 5.13 Å². The minimum absolute atomic E-state index is 0.474. The van der Waals surface area contributed by atoms with E-state index < -0.39 is 0 Å². The zero-order valence-electron chi connectivity index (χ0n) is 11.2. The summed E-state index contributed by atoms with van der Waals surface area (Å²) in [5.41, 5.74) is 6.55. The molecule has 2 aromatic rings. The topological polar surface area (TPSA) is 77.2 Å². The monoisotopic (exact) mass is 299 g/mol. The van der Waals surface area contributed by atoms with Crippen LogP contribution >= 0.6 is 22.7 Å². The summed E-state index contributed by atoms with van der Waals surface area (Å²) in [6.07, 6.45) is 0.919. The number of anilines is 1. The van der Waals surface area contributed by atoms with Gasteiger partial charge in [0.25, 0.3) is 0 Å². The lowest BCUT2D eigenvalue weighted by Gasteiger charge is -2.06. The van der Waals surface area contributed by atoms with Crippen molar-refractivity contribution in [1.29, 1.82) is 0 Å². The van der Waals surface area contributed by atoms with Crippen molar-refractivity contribution in [3.8, 4) is 9.88 Å². The number of ether oxygens (including phenoxy) is 1. The highest BCUT2D eigenvalue weighted by Gasteiger charge is 2.16. The number of rotatable bonds is 6. The molecule has 2 heterocycles. The average molecular weight is 299 g/mol. The largest absolute Gasteiger partial charge is 0.378 e. The number of thiazole rings is 1. The Morgan fingerprint density at radius 2 is 2.05 bits per heavy atom. The molecular formula is C11H17N5OS2. The van der Waals surface area contributed by atoms with Gasteiger partial charge in [-0.05, 0) is 14.1 Å². The SMILES string of the molecule is COCc1nc(CCN(C)C)sc1-c1nnc(N)s1. The molecule has 0 saturated carbocycles. The number of nitrogens with two attached hydrogens (primary N) is 1. The van der Waals surface area contributed by atoms with Crippen LogP contribution < -0.4 is 5.73 Å². The first-order chi connectivity index (χ1) is 9.10. The molecule has 8 heteroatoms. The van der Waals surface area contributed by atoms with E-state index in [1.165, 1.54) is 11.3 Å². The Labute approximate surface area is 120 Å². The van der Waals surface area contributed by atoms with Gasteiger partial charge in [-0.2, -0.15) is 0 Å². The number of nitrogen functional groups attached to an aromatic ring is 1. The van der Waals surface area contributed by atoms with E-state index in [4.69, 9.17) is 10.5 Å². The van der Waals surface area contributed by atoms with Crippen LogP contribution in [0.15, 0.2) is 0 Å². The van der Waals surface area contributed by atoms with E-state index in [-0.39, 0.29) is 0 Å². The number of methoxy groups -OCH3 is 1. The van der Waals surface area contributed by atoms with E-state index in [1.54, 1.807) is 18.4 Å². The zero-order chi connectivity index (χ0) is 13.8. The fraction of sp³-hybridized carbons (Fsp3) is 0.545. The lowest BCUT2D eigenvalue weighted by atomic mass is 10.4. The maximum Gasteiger partial charge on any atom is 0.203 e. The van der Waals surface area contributed by atoms with E-state index in [9.17, 15) is 0 Å². The van der Waals surface area contributed by atoms with Crippen LogP contribution in [0.3, 0.4) is 0 Å².